The first-order valence-electron chi connectivity index (χ1n) is 8.14. The number of nitrogens with zero attached hydrogens (tertiary/aromatic N) is 1. The van der Waals surface area contributed by atoms with Crippen molar-refractivity contribution in [1.82, 2.24) is 4.90 Å². The molecular weight excluding hydrogens is 503 g/mol. The van der Waals surface area contributed by atoms with Gasteiger partial charge in [0.2, 0.25) is 0 Å². The number of carbonyl (C=O) groups excluding carboxylic acids is 3. The summed E-state index contributed by atoms with van der Waals surface area (Å²) in [4.78, 5) is 37.3. The molecule has 0 saturated carbocycles. The van der Waals surface area contributed by atoms with Crippen LogP contribution in [0.5, 0.6) is 5.75 Å². The maximum absolute atomic E-state index is 12.7. The van der Waals surface area contributed by atoms with Crippen LogP contribution in [0.4, 0.5) is 4.79 Å². The molecular formula is C19H13BrCl2N2O4S. The maximum Gasteiger partial charge on any atom is 0.293 e. The van der Waals surface area contributed by atoms with Crippen LogP contribution >= 0.6 is 50.9 Å². The minimum Gasteiger partial charge on any atom is -0.483 e. The van der Waals surface area contributed by atoms with Gasteiger partial charge in [-0.1, -0.05) is 35.3 Å². The Morgan fingerprint density at radius 1 is 1.21 bits per heavy atom. The van der Waals surface area contributed by atoms with Crippen LogP contribution in [-0.4, -0.2) is 28.6 Å². The van der Waals surface area contributed by atoms with Crippen LogP contribution in [0.1, 0.15) is 11.1 Å². The number of primary amides is 1. The van der Waals surface area contributed by atoms with Gasteiger partial charge in [-0.15, -0.1) is 0 Å². The molecule has 2 N–H and O–H groups in total. The van der Waals surface area contributed by atoms with Crippen molar-refractivity contribution in [3.63, 3.8) is 0 Å². The Morgan fingerprint density at radius 3 is 2.62 bits per heavy atom. The summed E-state index contributed by atoms with van der Waals surface area (Å²) < 4.78 is 5.85. The Bertz CT molecular complexity index is 1040. The predicted molar refractivity (Wildman–Crippen MR) is 117 cm³/mol. The molecule has 1 saturated heterocycles. The van der Waals surface area contributed by atoms with E-state index in [1.54, 1.807) is 42.5 Å². The number of hydrogen-bond acceptors (Lipinski definition) is 5. The van der Waals surface area contributed by atoms with Crippen LogP contribution in [0.15, 0.2) is 45.8 Å². The summed E-state index contributed by atoms with van der Waals surface area (Å²) in [6, 6.07) is 9.94. The van der Waals surface area contributed by atoms with Gasteiger partial charge >= 0.3 is 0 Å². The van der Waals surface area contributed by atoms with Crippen LogP contribution < -0.4 is 10.5 Å². The monoisotopic (exact) mass is 514 g/mol. The average Bonchev–Trinajstić information content (AvgIpc) is 2.90. The van der Waals surface area contributed by atoms with Crippen molar-refractivity contribution in [2.24, 2.45) is 5.73 Å². The summed E-state index contributed by atoms with van der Waals surface area (Å²) in [5.74, 6) is -0.557. The van der Waals surface area contributed by atoms with Gasteiger partial charge in [-0.25, -0.2) is 0 Å². The van der Waals surface area contributed by atoms with Crippen LogP contribution in [0.25, 0.3) is 6.08 Å². The molecule has 2 aromatic rings. The number of benzene rings is 2. The number of hydrogen-bond donors (Lipinski definition) is 1. The minimum atomic E-state index is -0.588. The number of carbonyl (C=O) groups is 3. The topological polar surface area (TPSA) is 89.7 Å². The van der Waals surface area contributed by atoms with Gasteiger partial charge in [0.1, 0.15) is 5.75 Å². The summed E-state index contributed by atoms with van der Waals surface area (Å²) in [5, 5.41) is 0.477. The molecule has 3 rings (SSSR count). The van der Waals surface area contributed by atoms with Crippen LogP contribution in [0.3, 0.4) is 0 Å². The molecule has 1 fully saturated rings. The third kappa shape index (κ3) is 5.33. The van der Waals surface area contributed by atoms with E-state index >= 15 is 0 Å². The third-order valence-corrected chi connectivity index (χ3v) is 5.95. The number of thioether (sulfide) groups is 1. The number of nitrogens with two attached hydrogens (primary N) is 1. The molecule has 6 nitrogen and oxygen atoms in total. The normalized spacial score (nSPS) is 15.3. The highest BCUT2D eigenvalue weighted by molar-refractivity contribution is 9.10. The second kappa shape index (κ2) is 9.21. The van der Waals surface area contributed by atoms with Gasteiger partial charge in [0.25, 0.3) is 17.1 Å². The smallest absolute Gasteiger partial charge is 0.293 e. The summed E-state index contributed by atoms with van der Waals surface area (Å²) in [6.45, 7) is -0.189. The molecule has 1 aliphatic heterocycles. The molecule has 0 spiro atoms. The molecule has 0 aliphatic carbocycles. The molecule has 1 heterocycles. The van der Waals surface area contributed by atoms with Gasteiger partial charge in [0, 0.05) is 10.0 Å². The van der Waals surface area contributed by atoms with E-state index in [1.807, 2.05) is 0 Å². The molecule has 1 aliphatic rings. The molecule has 2 aromatic carbocycles. The first-order chi connectivity index (χ1) is 13.7. The zero-order chi connectivity index (χ0) is 21.1. The average molecular weight is 516 g/mol. The molecule has 0 radical (unpaired) electrons. The van der Waals surface area contributed by atoms with Crippen molar-refractivity contribution in [2.45, 2.75) is 6.54 Å². The fourth-order valence-corrected chi connectivity index (χ4v) is 4.30. The number of amides is 3. The number of imide groups is 1. The van der Waals surface area contributed by atoms with Crippen molar-refractivity contribution < 1.29 is 19.1 Å². The molecule has 150 valence electrons. The van der Waals surface area contributed by atoms with Crippen LogP contribution in [0.2, 0.25) is 10.0 Å². The molecule has 10 heteroatoms. The van der Waals surface area contributed by atoms with E-state index in [-0.39, 0.29) is 23.3 Å². The summed E-state index contributed by atoms with van der Waals surface area (Å²) in [5.41, 5.74) is 6.36. The Balaban J connectivity index is 1.77. The van der Waals surface area contributed by atoms with Crippen molar-refractivity contribution in [3.8, 4) is 5.75 Å². The number of halogens is 3. The molecule has 3 amide bonds. The second-order valence-electron chi connectivity index (χ2n) is 5.95. The highest BCUT2D eigenvalue weighted by atomic mass is 79.9. The zero-order valence-electron chi connectivity index (χ0n) is 14.7. The molecule has 29 heavy (non-hydrogen) atoms. The van der Waals surface area contributed by atoms with E-state index in [0.29, 0.717) is 31.4 Å². The summed E-state index contributed by atoms with van der Waals surface area (Å²) in [7, 11) is 0. The van der Waals surface area contributed by atoms with E-state index in [9.17, 15) is 14.4 Å². The SMILES string of the molecule is NC(=O)COc1ccc(/C=C2\SC(=O)N(Cc3ccc(Cl)cc3Cl)C2=O)cc1Br. The Hall–Kier alpha value is -2.00. The lowest BCUT2D eigenvalue weighted by molar-refractivity contribution is -0.123. The van der Waals surface area contributed by atoms with Crippen LogP contribution in [-0.2, 0) is 16.1 Å². The molecule has 0 unspecified atom stereocenters. The van der Waals surface area contributed by atoms with Crippen molar-refractivity contribution >= 4 is 74.0 Å². The lowest BCUT2D eigenvalue weighted by Gasteiger charge is -2.13. The van der Waals surface area contributed by atoms with Crippen molar-refractivity contribution in [2.75, 3.05) is 6.61 Å². The van der Waals surface area contributed by atoms with Gasteiger partial charge in [0.15, 0.2) is 6.61 Å². The first-order valence-corrected chi connectivity index (χ1v) is 10.5. The van der Waals surface area contributed by atoms with Gasteiger partial charge in [-0.3, -0.25) is 19.3 Å². The fraction of sp³-hybridized carbons (Fsp3) is 0.105. The van der Waals surface area contributed by atoms with Gasteiger partial charge < -0.3 is 10.5 Å². The zero-order valence-corrected chi connectivity index (χ0v) is 18.6. The maximum atomic E-state index is 12.7. The molecule has 0 bridgehead atoms. The summed E-state index contributed by atoms with van der Waals surface area (Å²) in [6.07, 6.45) is 1.61. The highest BCUT2D eigenvalue weighted by Gasteiger charge is 2.35. The highest BCUT2D eigenvalue weighted by Crippen LogP contribution is 2.35. The van der Waals surface area contributed by atoms with Gasteiger partial charge in [-0.05, 0) is 69.2 Å². The number of ether oxygens (including phenoxy) is 1. The van der Waals surface area contributed by atoms with Gasteiger partial charge in [0.05, 0.1) is 15.9 Å². The van der Waals surface area contributed by atoms with E-state index in [1.165, 1.54) is 0 Å². The quantitative estimate of drug-likeness (QED) is 0.555. The third-order valence-electron chi connectivity index (χ3n) is 3.84. The Morgan fingerprint density at radius 2 is 1.97 bits per heavy atom. The van der Waals surface area contributed by atoms with Crippen LogP contribution in [0, 0.1) is 0 Å². The summed E-state index contributed by atoms with van der Waals surface area (Å²) >= 11 is 16.2. The Kier molecular flexibility index (Phi) is 6.89. The lowest BCUT2D eigenvalue weighted by atomic mass is 10.2. The second-order valence-corrected chi connectivity index (χ2v) is 8.64. The van der Waals surface area contributed by atoms with Crippen molar-refractivity contribution in [3.05, 3.63) is 66.9 Å². The standard InChI is InChI=1S/C19H13BrCl2N2O4S/c20-13-5-10(1-4-15(13)28-9-17(23)25)6-16-18(26)24(19(27)29-16)8-11-2-3-12(21)7-14(11)22/h1-7H,8-9H2,(H2,23,25)/b16-6-. The Labute approximate surface area is 189 Å². The van der Waals surface area contributed by atoms with Gasteiger partial charge in [-0.2, -0.15) is 0 Å². The first kappa shape index (κ1) is 21.7. The fourth-order valence-electron chi connectivity index (χ4n) is 2.48. The van der Waals surface area contributed by atoms with E-state index < -0.39 is 11.8 Å². The van der Waals surface area contributed by atoms with E-state index in [4.69, 9.17) is 33.7 Å². The lowest BCUT2D eigenvalue weighted by Crippen LogP contribution is -2.27. The number of rotatable bonds is 6. The van der Waals surface area contributed by atoms with E-state index in [2.05, 4.69) is 15.9 Å². The largest absolute Gasteiger partial charge is 0.483 e. The molecule has 0 atom stereocenters. The van der Waals surface area contributed by atoms with Crippen molar-refractivity contribution in [1.29, 1.82) is 0 Å². The van der Waals surface area contributed by atoms with E-state index in [0.717, 1.165) is 16.7 Å². The minimum absolute atomic E-state index is 0.0571. The molecule has 0 aromatic heterocycles. The predicted octanol–water partition coefficient (Wildman–Crippen LogP) is 4.86.